The van der Waals surface area contributed by atoms with E-state index >= 15 is 0 Å². The van der Waals surface area contributed by atoms with Crippen molar-refractivity contribution in [3.05, 3.63) is 0 Å². The minimum absolute atomic E-state index is 0.246. The van der Waals surface area contributed by atoms with Gasteiger partial charge in [-0.2, -0.15) is 0 Å². The van der Waals surface area contributed by atoms with Crippen molar-refractivity contribution in [3.63, 3.8) is 0 Å². The Balaban J connectivity index is 4.01. The third-order valence-corrected chi connectivity index (χ3v) is 7.33. The van der Waals surface area contributed by atoms with Gasteiger partial charge in [0.1, 0.15) is 0 Å². The monoisotopic (exact) mass is 239 g/mol. The van der Waals surface area contributed by atoms with Crippen LogP contribution in [0, 0.1) is 0 Å². The van der Waals surface area contributed by atoms with Crippen LogP contribution in [0.3, 0.4) is 0 Å². The van der Waals surface area contributed by atoms with E-state index < -0.39 is 14.3 Å². The molecule has 0 bridgehead atoms. The van der Waals surface area contributed by atoms with Gasteiger partial charge in [0.2, 0.25) is 0 Å². The maximum atomic E-state index is 10.5. The second kappa shape index (κ2) is 5.52. The molecule has 0 atom stereocenters. The van der Waals surface area contributed by atoms with E-state index in [2.05, 4.69) is 0 Å². The van der Waals surface area contributed by atoms with Gasteiger partial charge in [-0.05, 0) is 0 Å². The fraction of sp³-hybridized carbons (Fsp3) is 0.833. The van der Waals surface area contributed by atoms with Crippen molar-refractivity contribution in [2.24, 2.45) is 5.73 Å². The Morgan fingerprint density at radius 3 is 1.92 bits per heavy atom. The first-order chi connectivity index (χ1) is 5.60. The van der Waals surface area contributed by atoms with Gasteiger partial charge in [0.15, 0.2) is 0 Å². The Labute approximate surface area is 75.5 Å². The summed E-state index contributed by atoms with van der Waals surface area (Å²) in [6.07, 6.45) is 0.246. The first kappa shape index (κ1) is 11.9. The molecule has 0 aliphatic rings. The van der Waals surface area contributed by atoms with E-state index in [0.717, 1.165) is 0 Å². The van der Waals surface area contributed by atoms with Crippen molar-refractivity contribution in [1.82, 2.24) is 0 Å². The Bertz CT molecular complexity index is 140. The number of rotatable bonds is 6. The van der Waals surface area contributed by atoms with Crippen LogP contribution >= 0.6 is 0 Å². The van der Waals surface area contributed by atoms with Crippen LogP contribution in [-0.4, -0.2) is 41.5 Å². The van der Waals surface area contributed by atoms with E-state index in [1.54, 1.807) is 0 Å². The van der Waals surface area contributed by atoms with Crippen LogP contribution in [0.15, 0.2) is 0 Å². The van der Waals surface area contributed by atoms with Gasteiger partial charge in [0.25, 0.3) is 0 Å². The summed E-state index contributed by atoms with van der Waals surface area (Å²) in [4.78, 5) is 10.5. The van der Waals surface area contributed by atoms with Crippen molar-refractivity contribution < 1.29 is 16.1 Å². The number of carbonyl (C=O) groups is 1. The molecule has 12 heavy (non-hydrogen) atoms. The molecule has 0 radical (unpaired) electrons. The van der Waals surface area contributed by atoms with Gasteiger partial charge < -0.3 is 0 Å². The van der Waals surface area contributed by atoms with Gasteiger partial charge in [0.05, 0.1) is 0 Å². The summed E-state index contributed by atoms with van der Waals surface area (Å²) in [5.74, 6) is -0.365. The Morgan fingerprint density at radius 1 is 1.25 bits per heavy atom. The minimum atomic E-state index is -3.08. The summed E-state index contributed by atoms with van der Waals surface area (Å²) in [7, 11) is 4.57. The van der Waals surface area contributed by atoms with Crippen LogP contribution in [0.4, 0.5) is 0 Å². The fourth-order valence-electron chi connectivity index (χ4n) is 0.832. The van der Waals surface area contributed by atoms with Crippen molar-refractivity contribution >= 4 is 20.2 Å². The van der Waals surface area contributed by atoms with Crippen molar-refractivity contribution in [2.75, 3.05) is 21.3 Å². The molecule has 0 fully saturated rings. The summed E-state index contributed by atoms with van der Waals surface area (Å²) in [5, 5.41) is 0.471. The number of nitrogens with two attached hydrogens (primary N) is 1. The molecule has 0 aliphatic heterocycles. The molecular formula is C6H15GeNO4. The molecule has 0 rings (SSSR count). The third kappa shape index (κ3) is 3.53. The molecule has 6 heteroatoms. The van der Waals surface area contributed by atoms with E-state index in [1.165, 1.54) is 21.3 Å². The normalized spacial score (nSPS) is 11.6. The maximum absolute atomic E-state index is 10.5. The zero-order valence-electron chi connectivity index (χ0n) is 7.62. The van der Waals surface area contributed by atoms with Crippen LogP contribution in [0.1, 0.15) is 6.42 Å². The molecule has 72 valence electrons. The zero-order chi connectivity index (χ0) is 9.61. The number of carbonyl (C=O) groups excluding carboxylic acids is 1. The van der Waals surface area contributed by atoms with Crippen molar-refractivity contribution in [2.45, 2.75) is 11.7 Å². The number of hydrogen-bond acceptors (Lipinski definition) is 4. The third-order valence-electron chi connectivity index (χ3n) is 1.61. The fourth-order valence-corrected chi connectivity index (χ4v) is 4.33. The van der Waals surface area contributed by atoms with Crippen LogP contribution in [0.25, 0.3) is 0 Å². The Morgan fingerprint density at radius 2 is 1.67 bits per heavy atom. The SMILES string of the molecule is C[O][Ge]([CH2]CC(N)=O)([O]C)[O]C. The molecule has 1 amide bonds. The average Bonchev–Trinajstić information content (AvgIpc) is 2.08. The molecule has 0 spiro atoms. The van der Waals surface area contributed by atoms with Gasteiger partial charge in [-0.1, -0.05) is 0 Å². The second-order valence-corrected chi connectivity index (χ2v) is 8.75. The molecule has 0 aromatic rings. The van der Waals surface area contributed by atoms with E-state index in [1.807, 2.05) is 0 Å². The average molecular weight is 238 g/mol. The van der Waals surface area contributed by atoms with Gasteiger partial charge in [-0.25, -0.2) is 0 Å². The molecule has 0 aliphatic carbocycles. The molecular weight excluding hydrogens is 223 g/mol. The van der Waals surface area contributed by atoms with E-state index in [9.17, 15) is 4.79 Å². The van der Waals surface area contributed by atoms with Gasteiger partial charge in [0, 0.05) is 0 Å². The predicted molar refractivity (Wildman–Crippen MR) is 45.4 cm³/mol. The van der Waals surface area contributed by atoms with Crippen LogP contribution < -0.4 is 5.73 Å². The topological polar surface area (TPSA) is 70.8 Å². The first-order valence-corrected chi connectivity index (χ1v) is 7.59. The molecule has 0 aromatic heterocycles. The van der Waals surface area contributed by atoms with Crippen LogP contribution in [0.5, 0.6) is 0 Å². The van der Waals surface area contributed by atoms with E-state index in [4.69, 9.17) is 17.0 Å². The predicted octanol–water partition coefficient (Wildman–Crippen LogP) is -0.260. The quantitative estimate of drug-likeness (QED) is 0.647. The Kier molecular flexibility index (Phi) is 5.47. The molecule has 0 unspecified atom stereocenters. The van der Waals surface area contributed by atoms with Gasteiger partial charge >= 0.3 is 75.0 Å². The first-order valence-electron chi connectivity index (χ1n) is 3.54. The molecule has 0 saturated heterocycles. The van der Waals surface area contributed by atoms with E-state index in [-0.39, 0.29) is 12.3 Å². The van der Waals surface area contributed by atoms with Crippen LogP contribution in [0.2, 0.25) is 5.25 Å². The summed E-state index contributed by atoms with van der Waals surface area (Å²) < 4.78 is 15.4. The summed E-state index contributed by atoms with van der Waals surface area (Å²) >= 11 is -3.08. The zero-order valence-corrected chi connectivity index (χ0v) is 9.72. The molecule has 0 aromatic carbocycles. The van der Waals surface area contributed by atoms with Crippen molar-refractivity contribution in [1.29, 1.82) is 0 Å². The number of amides is 1. The summed E-state index contributed by atoms with van der Waals surface area (Å²) in [5.41, 5.74) is 4.99. The second-order valence-electron chi connectivity index (χ2n) is 2.26. The molecule has 5 nitrogen and oxygen atoms in total. The molecule has 2 N–H and O–H groups in total. The number of primary amides is 1. The summed E-state index contributed by atoms with van der Waals surface area (Å²) in [6.45, 7) is 0. The molecule has 0 saturated carbocycles. The molecule has 0 heterocycles. The number of hydrogen-bond donors (Lipinski definition) is 1. The van der Waals surface area contributed by atoms with Crippen molar-refractivity contribution in [3.8, 4) is 0 Å². The standard InChI is InChI=1S/C6H15GeNO4/c1-10-7(11-2,12-3)5-4-6(8)9/h4-5H2,1-3H3,(H2,8,9). The van der Waals surface area contributed by atoms with Gasteiger partial charge in [-0.3, -0.25) is 0 Å². The summed E-state index contributed by atoms with van der Waals surface area (Å²) in [6, 6.07) is 0. The Hall–Kier alpha value is -0.107. The van der Waals surface area contributed by atoms with Gasteiger partial charge in [-0.15, -0.1) is 0 Å². The van der Waals surface area contributed by atoms with Crippen LogP contribution in [-0.2, 0) is 16.1 Å². The van der Waals surface area contributed by atoms with E-state index in [0.29, 0.717) is 5.25 Å².